The Bertz CT molecular complexity index is 1470. The fourth-order valence-corrected chi connectivity index (χ4v) is 5.36. The minimum absolute atomic E-state index is 0.000908. The quantitative estimate of drug-likeness (QED) is 0.421. The molecule has 0 bridgehead atoms. The number of piperidine rings is 1. The molecule has 4 rings (SSSR count). The summed E-state index contributed by atoms with van der Waals surface area (Å²) in [7, 11) is -3.64. The van der Waals surface area contributed by atoms with Gasteiger partial charge in [0.1, 0.15) is 11.8 Å². The van der Waals surface area contributed by atoms with Crippen LogP contribution in [0.25, 0.3) is 0 Å². The number of anilines is 2. The number of ether oxygens (including phenoxy) is 1. The molecule has 0 radical (unpaired) electrons. The van der Waals surface area contributed by atoms with Gasteiger partial charge in [0.15, 0.2) is 0 Å². The number of carbonyl (C=O) groups excluding carboxylic acids is 5. The fraction of sp³-hybridized carbons (Fsp3) is 0.269. The maximum Gasteiger partial charge on any atom is 0.264 e. The van der Waals surface area contributed by atoms with E-state index in [1.165, 1.54) is 22.5 Å². The number of nitrogens with zero attached hydrogens (tertiary/aromatic N) is 2. The molecule has 5 amide bonds. The van der Waals surface area contributed by atoms with E-state index in [1.54, 1.807) is 31.2 Å². The van der Waals surface area contributed by atoms with Crippen molar-refractivity contribution in [3.63, 3.8) is 0 Å². The van der Waals surface area contributed by atoms with Crippen molar-refractivity contribution < 1.29 is 37.1 Å². The van der Waals surface area contributed by atoms with Crippen molar-refractivity contribution in [3.05, 3.63) is 65.6 Å². The van der Waals surface area contributed by atoms with E-state index in [-0.39, 0.29) is 49.2 Å². The molecule has 12 nitrogen and oxygen atoms in total. The first kappa shape index (κ1) is 27.5. The molecule has 1 atom stereocenters. The van der Waals surface area contributed by atoms with Crippen LogP contribution >= 0.6 is 0 Å². The zero-order valence-electron chi connectivity index (χ0n) is 21.0. The zero-order chi connectivity index (χ0) is 28.3. The van der Waals surface area contributed by atoms with Crippen LogP contribution in [-0.4, -0.2) is 62.0 Å². The highest BCUT2D eigenvalue weighted by Gasteiger charge is 2.45. The number of hydrogen-bond donors (Lipinski definition) is 2. The van der Waals surface area contributed by atoms with Crippen molar-refractivity contribution in [2.24, 2.45) is 0 Å². The molecule has 1 fully saturated rings. The van der Waals surface area contributed by atoms with Gasteiger partial charge in [-0.15, -0.1) is 0 Å². The van der Waals surface area contributed by atoms with Gasteiger partial charge in [0, 0.05) is 18.4 Å². The van der Waals surface area contributed by atoms with Crippen LogP contribution in [0.2, 0.25) is 0 Å². The maximum absolute atomic E-state index is 13.1. The molecule has 0 saturated carbocycles. The number of amides is 5. The van der Waals surface area contributed by atoms with Gasteiger partial charge in [-0.25, -0.2) is 8.42 Å². The number of rotatable bonds is 10. The first-order chi connectivity index (χ1) is 18.6. The van der Waals surface area contributed by atoms with Gasteiger partial charge in [0.2, 0.25) is 17.7 Å². The van der Waals surface area contributed by atoms with E-state index in [2.05, 4.69) is 17.2 Å². The van der Waals surface area contributed by atoms with E-state index in [0.29, 0.717) is 11.4 Å². The van der Waals surface area contributed by atoms with Crippen LogP contribution < -0.4 is 19.7 Å². The minimum atomic E-state index is -3.64. The van der Waals surface area contributed by atoms with Gasteiger partial charge < -0.3 is 10.1 Å². The van der Waals surface area contributed by atoms with Gasteiger partial charge in [-0.2, -0.15) is 0 Å². The third kappa shape index (κ3) is 5.53. The van der Waals surface area contributed by atoms with Gasteiger partial charge in [-0.1, -0.05) is 12.6 Å². The average molecular weight is 555 g/mol. The lowest BCUT2D eigenvalue weighted by Gasteiger charge is -2.27. The maximum atomic E-state index is 13.1. The zero-order valence-corrected chi connectivity index (χ0v) is 21.8. The van der Waals surface area contributed by atoms with E-state index >= 15 is 0 Å². The molecule has 2 aromatic rings. The lowest BCUT2D eigenvalue weighted by Crippen LogP contribution is -2.54. The van der Waals surface area contributed by atoms with E-state index in [9.17, 15) is 32.4 Å². The predicted octanol–water partition coefficient (Wildman–Crippen LogP) is 1.79. The molecular weight excluding hydrogens is 528 g/mol. The third-order valence-corrected chi connectivity index (χ3v) is 7.77. The van der Waals surface area contributed by atoms with Crippen LogP contribution in [0.1, 0.15) is 46.9 Å². The summed E-state index contributed by atoms with van der Waals surface area (Å²) >= 11 is 0. The Labute approximate surface area is 224 Å². The second-order valence-electron chi connectivity index (χ2n) is 8.69. The van der Waals surface area contributed by atoms with Gasteiger partial charge in [0.05, 0.1) is 35.5 Å². The fourth-order valence-electron chi connectivity index (χ4n) is 4.40. The molecule has 2 aliphatic rings. The van der Waals surface area contributed by atoms with Gasteiger partial charge in [-0.3, -0.25) is 38.5 Å². The Morgan fingerprint density at radius 2 is 1.87 bits per heavy atom. The highest BCUT2D eigenvalue weighted by Crippen LogP contribution is 2.32. The van der Waals surface area contributed by atoms with Crippen molar-refractivity contribution in [2.45, 2.75) is 32.2 Å². The second kappa shape index (κ2) is 11.1. The topological polar surface area (TPSA) is 159 Å². The monoisotopic (exact) mass is 554 g/mol. The summed E-state index contributed by atoms with van der Waals surface area (Å²) < 4.78 is 31.0. The molecule has 1 unspecified atom stereocenters. The molecule has 2 aliphatic heterocycles. The molecule has 39 heavy (non-hydrogen) atoms. The number of carbonyl (C=O) groups is 5. The lowest BCUT2D eigenvalue weighted by molar-refractivity contribution is -0.136. The second-order valence-corrected chi connectivity index (χ2v) is 10.5. The number of nitrogens with one attached hydrogen (secondary N) is 2. The summed E-state index contributed by atoms with van der Waals surface area (Å²) in [5, 5.41) is 5.63. The van der Waals surface area contributed by atoms with Gasteiger partial charge in [0.25, 0.3) is 21.8 Å². The number of imide groups is 2. The number of sulfonamides is 1. The highest BCUT2D eigenvalue weighted by atomic mass is 32.2. The van der Waals surface area contributed by atoms with Gasteiger partial charge in [-0.05, 0) is 49.7 Å². The Morgan fingerprint density at radius 3 is 2.51 bits per heavy atom. The number of fused-ring (bicyclic) bond motifs is 1. The Kier molecular flexibility index (Phi) is 7.81. The van der Waals surface area contributed by atoms with Crippen molar-refractivity contribution in [2.75, 3.05) is 22.8 Å². The van der Waals surface area contributed by atoms with Crippen molar-refractivity contribution in [1.82, 2.24) is 10.2 Å². The summed E-state index contributed by atoms with van der Waals surface area (Å²) in [4.78, 5) is 63.2. The number of hydrogen-bond acceptors (Lipinski definition) is 8. The first-order valence-electron chi connectivity index (χ1n) is 12.1. The Morgan fingerprint density at radius 1 is 1.15 bits per heavy atom. The van der Waals surface area contributed by atoms with Crippen LogP contribution in [0.5, 0.6) is 5.75 Å². The molecular formula is C26H26N4O8S. The van der Waals surface area contributed by atoms with Crippen molar-refractivity contribution in [3.8, 4) is 5.75 Å². The minimum Gasteiger partial charge on any atom is -0.493 e. The molecule has 13 heteroatoms. The smallest absolute Gasteiger partial charge is 0.264 e. The van der Waals surface area contributed by atoms with Crippen LogP contribution in [-0.2, 0) is 24.4 Å². The standard InChI is InChI=1S/C26H26N4O8S/c1-3-29(39(36,37)4-2)16-8-10-17(11-9-16)38-15-14-22(32)27-19-7-5-6-18-23(19)26(35)30(25(18)34)20-12-13-21(31)28-24(20)33/h4-11,20H,2-3,12-15H2,1H3,(H,27,32)(H,28,31,33). The largest absolute Gasteiger partial charge is 0.493 e. The molecule has 2 aromatic carbocycles. The van der Waals surface area contributed by atoms with E-state index in [4.69, 9.17) is 4.74 Å². The molecule has 2 heterocycles. The summed E-state index contributed by atoms with van der Waals surface area (Å²) in [5.74, 6) is -2.65. The highest BCUT2D eigenvalue weighted by molar-refractivity contribution is 7.95. The predicted molar refractivity (Wildman–Crippen MR) is 140 cm³/mol. The Hall–Kier alpha value is -4.52. The van der Waals surface area contributed by atoms with Crippen LogP contribution in [0, 0.1) is 0 Å². The van der Waals surface area contributed by atoms with Crippen molar-refractivity contribution >= 4 is 50.9 Å². The van der Waals surface area contributed by atoms with Crippen LogP contribution in [0.15, 0.2) is 54.5 Å². The first-order valence-corrected chi connectivity index (χ1v) is 13.6. The molecule has 0 aliphatic carbocycles. The Balaban J connectivity index is 1.38. The van der Waals surface area contributed by atoms with Crippen LogP contribution in [0.3, 0.4) is 0 Å². The SMILES string of the molecule is C=CS(=O)(=O)N(CC)c1ccc(OCCC(=O)Nc2cccc3c2C(=O)N(C2CCC(=O)NC2=O)C3=O)cc1. The lowest BCUT2D eigenvalue weighted by atomic mass is 10.0. The molecule has 1 saturated heterocycles. The summed E-state index contributed by atoms with van der Waals surface area (Å²) in [5.41, 5.74) is 0.592. The molecule has 204 valence electrons. The van der Waals surface area contributed by atoms with E-state index < -0.39 is 45.6 Å². The molecule has 2 N–H and O–H groups in total. The summed E-state index contributed by atoms with van der Waals surface area (Å²) in [6, 6.07) is 9.61. The van der Waals surface area contributed by atoms with E-state index in [1.807, 2.05) is 0 Å². The van der Waals surface area contributed by atoms with E-state index in [0.717, 1.165) is 10.3 Å². The normalized spacial score (nSPS) is 16.9. The van der Waals surface area contributed by atoms with Gasteiger partial charge >= 0.3 is 0 Å². The summed E-state index contributed by atoms with van der Waals surface area (Å²) in [6.07, 6.45) is -0.0616. The molecule has 0 spiro atoms. The third-order valence-electron chi connectivity index (χ3n) is 6.27. The van der Waals surface area contributed by atoms with Crippen LogP contribution in [0.4, 0.5) is 11.4 Å². The molecule has 0 aromatic heterocycles. The average Bonchev–Trinajstić information content (AvgIpc) is 3.16. The van der Waals surface area contributed by atoms with Crippen molar-refractivity contribution in [1.29, 1.82) is 0 Å². The number of benzene rings is 2. The summed E-state index contributed by atoms with van der Waals surface area (Å²) in [6.45, 7) is 5.23.